The van der Waals surface area contributed by atoms with Gasteiger partial charge >= 0.3 is 6.61 Å². The van der Waals surface area contributed by atoms with Gasteiger partial charge in [-0.25, -0.2) is 4.99 Å². The van der Waals surface area contributed by atoms with Crippen molar-refractivity contribution >= 4 is 5.96 Å². The van der Waals surface area contributed by atoms with E-state index in [-0.39, 0.29) is 12.3 Å². The molecule has 0 aromatic heterocycles. The smallest absolute Gasteiger partial charge is 0.387 e. The average Bonchev–Trinajstić information content (AvgIpc) is 3.28. The molecule has 2 aliphatic heterocycles. The molecule has 30 heavy (non-hydrogen) atoms. The molecule has 2 aliphatic rings. The molecule has 2 heterocycles. The van der Waals surface area contributed by atoms with Crippen molar-refractivity contribution in [1.82, 2.24) is 15.5 Å². The fourth-order valence-electron chi connectivity index (χ4n) is 3.91. The summed E-state index contributed by atoms with van der Waals surface area (Å²) in [6.07, 6.45) is 1.05. The van der Waals surface area contributed by atoms with Crippen LogP contribution in [0.4, 0.5) is 8.78 Å². The van der Waals surface area contributed by atoms with Crippen LogP contribution in [-0.2, 0) is 16.0 Å². The predicted molar refractivity (Wildman–Crippen MR) is 111 cm³/mol. The molecule has 9 heteroatoms. The first-order chi connectivity index (χ1) is 14.7. The molecule has 2 unspecified atom stereocenters. The summed E-state index contributed by atoms with van der Waals surface area (Å²) < 4.78 is 41.0. The highest BCUT2D eigenvalue weighted by Crippen LogP contribution is 2.22. The summed E-state index contributed by atoms with van der Waals surface area (Å²) in [6.45, 7) is 5.72. The summed E-state index contributed by atoms with van der Waals surface area (Å²) in [5, 5.41) is 6.67. The van der Waals surface area contributed by atoms with E-state index in [2.05, 4.69) is 25.3 Å². The van der Waals surface area contributed by atoms with E-state index < -0.39 is 6.61 Å². The molecule has 2 saturated heterocycles. The molecule has 0 bridgehead atoms. The first-order valence-corrected chi connectivity index (χ1v) is 10.6. The number of aliphatic imine (C=N–C) groups is 1. The Morgan fingerprint density at radius 1 is 1.20 bits per heavy atom. The lowest BCUT2D eigenvalue weighted by atomic mass is 9.97. The van der Waals surface area contributed by atoms with Crippen LogP contribution in [0.3, 0.4) is 0 Å². The summed E-state index contributed by atoms with van der Waals surface area (Å²) in [7, 11) is 0. The van der Waals surface area contributed by atoms with E-state index in [9.17, 15) is 8.78 Å². The molecule has 7 nitrogen and oxygen atoms in total. The van der Waals surface area contributed by atoms with Gasteiger partial charge in [0.2, 0.25) is 0 Å². The fraction of sp³-hybridized carbons (Fsp3) is 0.667. The van der Waals surface area contributed by atoms with Crippen molar-refractivity contribution in [3.63, 3.8) is 0 Å². The summed E-state index contributed by atoms with van der Waals surface area (Å²) >= 11 is 0. The second-order valence-electron chi connectivity index (χ2n) is 7.40. The van der Waals surface area contributed by atoms with Gasteiger partial charge < -0.3 is 24.8 Å². The van der Waals surface area contributed by atoms with Gasteiger partial charge in [0.1, 0.15) is 5.75 Å². The van der Waals surface area contributed by atoms with Crippen LogP contribution in [0.5, 0.6) is 5.75 Å². The molecule has 3 rings (SSSR count). The summed E-state index contributed by atoms with van der Waals surface area (Å²) in [4.78, 5) is 7.05. The van der Waals surface area contributed by atoms with Gasteiger partial charge in [-0.15, -0.1) is 0 Å². The number of alkyl halides is 2. The Morgan fingerprint density at radius 3 is 2.70 bits per heavy atom. The Kier molecular flexibility index (Phi) is 9.10. The van der Waals surface area contributed by atoms with Gasteiger partial charge in [0, 0.05) is 50.3 Å². The third-order valence-electron chi connectivity index (χ3n) is 5.44. The van der Waals surface area contributed by atoms with Gasteiger partial charge in [0.05, 0.1) is 26.4 Å². The van der Waals surface area contributed by atoms with E-state index >= 15 is 0 Å². The lowest BCUT2D eigenvalue weighted by Crippen LogP contribution is -2.53. The molecular weight excluding hydrogens is 394 g/mol. The maximum atomic E-state index is 12.6. The number of rotatable bonds is 9. The SMILES string of the molecule is CCNC(=NCc1ccccc1OC(F)F)NCC(C1CCOC1)N1CCOCC1. The van der Waals surface area contributed by atoms with E-state index in [1.807, 2.05) is 6.92 Å². The zero-order valence-electron chi connectivity index (χ0n) is 17.5. The van der Waals surface area contributed by atoms with Gasteiger partial charge in [0.25, 0.3) is 0 Å². The van der Waals surface area contributed by atoms with E-state index in [4.69, 9.17) is 9.47 Å². The number of morpholine rings is 1. The highest BCUT2D eigenvalue weighted by molar-refractivity contribution is 5.79. The molecule has 0 saturated carbocycles. The van der Waals surface area contributed by atoms with Gasteiger partial charge in [0.15, 0.2) is 5.96 Å². The molecule has 0 amide bonds. The van der Waals surface area contributed by atoms with Gasteiger partial charge in [-0.2, -0.15) is 8.78 Å². The molecule has 2 N–H and O–H groups in total. The van der Waals surface area contributed by atoms with Crippen molar-refractivity contribution < 1.29 is 23.0 Å². The third-order valence-corrected chi connectivity index (χ3v) is 5.44. The van der Waals surface area contributed by atoms with Crippen LogP contribution < -0.4 is 15.4 Å². The number of hydrogen-bond donors (Lipinski definition) is 2. The number of halogens is 2. The molecular formula is C21H32F2N4O3. The third kappa shape index (κ3) is 6.78. The minimum absolute atomic E-state index is 0.154. The molecule has 0 aliphatic carbocycles. The Balaban J connectivity index is 1.64. The van der Waals surface area contributed by atoms with Gasteiger partial charge in [-0.05, 0) is 19.4 Å². The van der Waals surface area contributed by atoms with Crippen LogP contribution in [0, 0.1) is 5.92 Å². The van der Waals surface area contributed by atoms with Crippen molar-refractivity contribution in [2.75, 3.05) is 52.6 Å². The van der Waals surface area contributed by atoms with Crippen molar-refractivity contribution in [3.05, 3.63) is 29.8 Å². The largest absolute Gasteiger partial charge is 0.434 e. The highest BCUT2D eigenvalue weighted by atomic mass is 19.3. The Hall–Kier alpha value is -1.97. The number of guanidine groups is 1. The molecule has 0 radical (unpaired) electrons. The maximum absolute atomic E-state index is 12.6. The summed E-state index contributed by atoms with van der Waals surface area (Å²) in [5.41, 5.74) is 0.615. The van der Waals surface area contributed by atoms with Crippen LogP contribution in [-0.4, -0.2) is 76.1 Å². The van der Waals surface area contributed by atoms with E-state index in [1.165, 1.54) is 6.07 Å². The molecule has 2 atom stereocenters. The molecule has 0 spiro atoms. The van der Waals surface area contributed by atoms with E-state index in [1.54, 1.807) is 18.2 Å². The lowest BCUT2D eigenvalue weighted by Gasteiger charge is -2.37. The molecule has 2 fully saturated rings. The standard InChI is InChI=1S/C21H32F2N4O3/c1-2-24-21(25-13-16-5-3-4-6-19(16)30-20(22)23)26-14-18(17-7-10-29-15-17)27-8-11-28-12-9-27/h3-6,17-18,20H,2,7-15H2,1H3,(H2,24,25,26). The topological polar surface area (TPSA) is 67.4 Å². The maximum Gasteiger partial charge on any atom is 0.387 e. The highest BCUT2D eigenvalue weighted by Gasteiger charge is 2.31. The normalized spacial score (nSPS) is 21.6. The number of nitrogens with one attached hydrogen (secondary N) is 2. The monoisotopic (exact) mass is 426 g/mol. The average molecular weight is 427 g/mol. The van der Waals surface area contributed by atoms with Crippen molar-refractivity contribution in [2.45, 2.75) is 32.5 Å². The van der Waals surface area contributed by atoms with E-state index in [0.717, 1.165) is 52.5 Å². The predicted octanol–water partition coefficient (Wildman–Crippen LogP) is 2.08. The molecule has 1 aromatic carbocycles. The Morgan fingerprint density at radius 2 is 2.00 bits per heavy atom. The number of ether oxygens (including phenoxy) is 3. The Labute approximate surface area is 176 Å². The van der Waals surface area contributed by atoms with Crippen LogP contribution in [0.15, 0.2) is 29.3 Å². The van der Waals surface area contributed by atoms with E-state index in [0.29, 0.717) is 30.0 Å². The first-order valence-electron chi connectivity index (χ1n) is 10.6. The van der Waals surface area contributed by atoms with Crippen LogP contribution in [0.2, 0.25) is 0 Å². The fourth-order valence-corrected chi connectivity index (χ4v) is 3.91. The number of hydrogen-bond acceptors (Lipinski definition) is 5. The van der Waals surface area contributed by atoms with Crippen molar-refractivity contribution in [1.29, 1.82) is 0 Å². The van der Waals surface area contributed by atoms with Crippen LogP contribution in [0.1, 0.15) is 18.9 Å². The minimum atomic E-state index is -2.86. The zero-order chi connectivity index (χ0) is 21.2. The Bertz CT molecular complexity index is 665. The molecule has 1 aromatic rings. The quantitative estimate of drug-likeness (QED) is 0.466. The second kappa shape index (κ2) is 12.0. The van der Waals surface area contributed by atoms with Gasteiger partial charge in [-0.1, -0.05) is 18.2 Å². The van der Waals surface area contributed by atoms with Crippen LogP contribution in [0.25, 0.3) is 0 Å². The zero-order valence-corrected chi connectivity index (χ0v) is 17.5. The van der Waals surface area contributed by atoms with Gasteiger partial charge in [-0.3, -0.25) is 4.90 Å². The van der Waals surface area contributed by atoms with Crippen molar-refractivity contribution in [2.24, 2.45) is 10.9 Å². The summed E-state index contributed by atoms with van der Waals surface area (Å²) in [5.74, 6) is 1.28. The first kappa shape index (κ1) is 22.7. The second-order valence-corrected chi connectivity index (χ2v) is 7.40. The number of para-hydroxylation sites is 1. The lowest BCUT2D eigenvalue weighted by molar-refractivity contribution is -0.0504. The van der Waals surface area contributed by atoms with Crippen LogP contribution >= 0.6 is 0 Å². The summed E-state index contributed by atoms with van der Waals surface area (Å²) in [6, 6.07) is 7.07. The number of nitrogens with zero attached hydrogens (tertiary/aromatic N) is 2. The van der Waals surface area contributed by atoms with Crippen molar-refractivity contribution in [3.8, 4) is 5.75 Å². The molecule has 168 valence electrons. The minimum Gasteiger partial charge on any atom is -0.434 e. The number of benzene rings is 1.